The molecular weight excluding hydrogens is 467 g/mol. The molecule has 0 nitrogen and oxygen atoms in total. The SMILES string of the molecule is CCC=CC(F)(F)C(F)(F)C(F)(F)C(F)(F)C(F)(F)C(F)(F)C(F)(F)C(F)(F)F. The fourth-order valence-corrected chi connectivity index (χ4v) is 1.55. The minimum atomic E-state index is -8.59. The van der Waals surface area contributed by atoms with E-state index < -0.39 is 60.1 Å². The minimum absolute atomic E-state index is 0.0628. The monoisotopic (exact) mass is 474 g/mol. The van der Waals surface area contributed by atoms with Crippen LogP contribution in [-0.4, -0.2) is 47.6 Å². The van der Waals surface area contributed by atoms with Gasteiger partial charge in [-0.1, -0.05) is 13.0 Å². The molecular formula is C12H7F17. The van der Waals surface area contributed by atoms with Crippen molar-refractivity contribution in [1.29, 1.82) is 0 Å². The molecule has 174 valence electrons. The molecule has 0 aromatic carbocycles. The number of hydrogen-bond acceptors (Lipinski definition) is 0. The van der Waals surface area contributed by atoms with Gasteiger partial charge in [-0.15, -0.1) is 0 Å². The standard InChI is InChI=1S/C12H7F17/c1-2-3-4-5(13,14)6(15,16)7(17,18)8(19,20)9(21,22)10(23,24)11(25,26)12(27,28)29/h3-4H,2H2,1H3. The van der Waals surface area contributed by atoms with E-state index in [0.717, 1.165) is 6.92 Å². The number of alkyl halides is 17. The van der Waals surface area contributed by atoms with Crippen molar-refractivity contribution >= 4 is 0 Å². The van der Waals surface area contributed by atoms with Gasteiger partial charge in [0.05, 0.1) is 0 Å². The summed E-state index contributed by atoms with van der Waals surface area (Å²) >= 11 is 0. The molecule has 0 atom stereocenters. The van der Waals surface area contributed by atoms with E-state index in [1.165, 1.54) is 0 Å². The summed E-state index contributed by atoms with van der Waals surface area (Å²) in [4.78, 5) is 0. The van der Waals surface area contributed by atoms with Crippen molar-refractivity contribution in [3.63, 3.8) is 0 Å². The van der Waals surface area contributed by atoms with E-state index in [-0.39, 0.29) is 6.08 Å². The van der Waals surface area contributed by atoms with Gasteiger partial charge in [0.25, 0.3) is 0 Å². The van der Waals surface area contributed by atoms with E-state index in [1.54, 1.807) is 0 Å². The van der Waals surface area contributed by atoms with Crippen molar-refractivity contribution in [3.8, 4) is 0 Å². The van der Waals surface area contributed by atoms with Crippen molar-refractivity contribution < 1.29 is 74.6 Å². The predicted octanol–water partition coefficient (Wildman–Crippen LogP) is 6.96. The van der Waals surface area contributed by atoms with E-state index in [2.05, 4.69) is 0 Å². The smallest absolute Gasteiger partial charge is 0.195 e. The average Bonchev–Trinajstić information content (AvgIpc) is 2.50. The zero-order valence-corrected chi connectivity index (χ0v) is 13.3. The lowest BCUT2D eigenvalue weighted by molar-refractivity contribution is -0.459. The third-order valence-electron chi connectivity index (χ3n) is 3.31. The van der Waals surface area contributed by atoms with Crippen molar-refractivity contribution in [2.45, 2.75) is 61.0 Å². The molecule has 0 saturated carbocycles. The predicted molar refractivity (Wildman–Crippen MR) is 60.1 cm³/mol. The second-order valence-corrected chi connectivity index (χ2v) is 5.38. The maximum absolute atomic E-state index is 13.3. The Kier molecular flexibility index (Phi) is 6.71. The normalized spacial score (nSPS) is 16.6. The summed E-state index contributed by atoms with van der Waals surface area (Å²) in [7, 11) is 0. The lowest BCUT2D eigenvalue weighted by Gasteiger charge is -2.42. The van der Waals surface area contributed by atoms with Gasteiger partial charge in [0, 0.05) is 0 Å². The van der Waals surface area contributed by atoms with Crippen molar-refractivity contribution in [2.75, 3.05) is 0 Å². The highest BCUT2D eigenvalue weighted by molar-refractivity contribution is 5.17. The van der Waals surface area contributed by atoms with Crippen LogP contribution in [0, 0.1) is 0 Å². The van der Waals surface area contributed by atoms with Crippen LogP contribution in [-0.2, 0) is 0 Å². The van der Waals surface area contributed by atoms with Crippen LogP contribution in [0.2, 0.25) is 0 Å². The van der Waals surface area contributed by atoms with E-state index in [1.807, 2.05) is 0 Å². The third kappa shape index (κ3) is 3.61. The van der Waals surface area contributed by atoms with Crippen molar-refractivity contribution in [2.24, 2.45) is 0 Å². The molecule has 0 aliphatic heterocycles. The molecule has 29 heavy (non-hydrogen) atoms. The topological polar surface area (TPSA) is 0 Å². The van der Waals surface area contributed by atoms with Crippen LogP contribution in [0.25, 0.3) is 0 Å². The first-order valence-electron chi connectivity index (χ1n) is 6.70. The second-order valence-electron chi connectivity index (χ2n) is 5.38. The molecule has 0 aromatic rings. The molecule has 0 N–H and O–H groups in total. The minimum Gasteiger partial charge on any atom is -0.195 e. The molecule has 0 rings (SSSR count). The largest absolute Gasteiger partial charge is 0.460 e. The first-order chi connectivity index (χ1) is 12.3. The summed E-state index contributed by atoms with van der Waals surface area (Å²) in [5.41, 5.74) is 0. The highest BCUT2D eigenvalue weighted by Gasteiger charge is 2.95. The Morgan fingerprint density at radius 1 is 0.448 bits per heavy atom. The Morgan fingerprint density at radius 3 is 1.00 bits per heavy atom. The van der Waals surface area contributed by atoms with Gasteiger partial charge >= 0.3 is 47.6 Å². The fourth-order valence-electron chi connectivity index (χ4n) is 1.55. The summed E-state index contributed by atoms with van der Waals surface area (Å²) in [6, 6.07) is 0. The van der Waals surface area contributed by atoms with Crippen LogP contribution < -0.4 is 0 Å². The van der Waals surface area contributed by atoms with Crippen LogP contribution in [0.4, 0.5) is 74.6 Å². The van der Waals surface area contributed by atoms with Crippen LogP contribution >= 0.6 is 0 Å². The van der Waals surface area contributed by atoms with Crippen LogP contribution in [0.1, 0.15) is 13.3 Å². The van der Waals surface area contributed by atoms with Gasteiger partial charge in [0.1, 0.15) is 0 Å². The second kappa shape index (κ2) is 7.06. The fraction of sp³-hybridized carbons (Fsp3) is 0.833. The molecule has 0 heterocycles. The Labute approximate surface area is 149 Å². The maximum Gasteiger partial charge on any atom is 0.460 e. The summed E-state index contributed by atoms with van der Waals surface area (Å²) in [6.07, 6.45) is -9.65. The number of rotatable bonds is 8. The molecule has 0 aromatic heterocycles. The van der Waals surface area contributed by atoms with Gasteiger partial charge in [0.2, 0.25) is 0 Å². The molecule has 0 aliphatic carbocycles. The first-order valence-corrected chi connectivity index (χ1v) is 6.70. The van der Waals surface area contributed by atoms with E-state index >= 15 is 0 Å². The molecule has 0 amide bonds. The summed E-state index contributed by atoms with van der Waals surface area (Å²) in [5, 5.41) is 0. The van der Waals surface area contributed by atoms with Gasteiger partial charge in [-0.2, -0.15) is 74.6 Å². The van der Waals surface area contributed by atoms with Crippen molar-refractivity contribution in [3.05, 3.63) is 12.2 Å². The van der Waals surface area contributed by atoms with Gasteiger partial charge in [-0.25, -0.2) is 0 Å². The van der Waals surface area contributed by atoms with E-state index in [0.29, 0.717) is 0 Å². The van der Waals surface area contributed by atoms with Crippen LogP contribution in [0.5, 0.6) is 0 Å². The number of halogens is 17. The Hall–Kier alpha value is -1.45. The Balaban J connectivity index is 6.69. The van der Waals surface area contributed by atoms with E-state index in [4.69, 9.17) is 0 Å². The quantitative estimate of drug-likeness (QED) is 0.264. The average molecular weight is 474 g/mol. The molecule has 0 bridgehead atoms. The van der Waals surface area contributed by atoms with Gasteiger partial charge in [-0.05, 0) is 12.5 Å². The molecule has 0 radical (unpaired) electrons. The number of allylic oxidation sites excluding steroid dienone is 2. The highest BCUT2D eigenvalue weighted by atomic mass is 19.4. The lowest BCUT2D eigenvalue weighted by atomic mass is 9.89. The summed E-state index contributed by atoms with van der Waals surface area (Å²) < 4.78 is 218. The zero-order chi connectivity index (χ0) is 24.1. The van der Waals surface area contributed by atoms with Gasteiger partial charge in [0.15, 0.2) is 0 Å². The molecule has 0 spiro atoms. The highest BCUT2D eigenvalue weighted by Crippen LogP contribution is 2.63. The van der Waals surface area contributed by atoms with Crippen LogP contribution in [0.3, 0.4) is 0 Å². The Morgan fingerprint density at radius 2 is 0.724 bits per heavy atom. The maximum atomic E-state index is 13.3. The molecule has 17 heteroatoms. The zero-order valence-electron chi connectivity index (χ0n) is 13.3. The lowest BCUT2D eigenvalue weighted by Crippen LogP contribution is -2.74. The number of hydrogen-bond donors (Lipinski definition) is 0. The van der Waals surface area contributed by atoms with Gasteiger partial charge < -0.3 is 0 Å². The first kappa shape index (κ1) is 27.5. The molecule has 0 saturated heterocycles. The summed E-state index contributed by atoms with van der Waals surface area (Å²) in [6.45, 7) is 0.908. The molecule has 0 unspecified atom stereocenters. The molecule has 0 fully saturated rings. The molecule has 0 aliphatic rings. The Bertz CT molecular complexity index is 608. The van der Waals surface area contributed by atoms with E-state index in [9.17, 15) is 74.6 Å². The van der Waals surface area contributed by atoms with Crippen LogP contribution in [0.15, 0.2) is 12.2 Å². The third-order valence-corrected chi connectivity index (χ3v) is 3.31. The van der Waals surface area contributed by atoms with Crippen molar-refractivity contribution in [1.82, 2.24) is 0 Å². The summed E-state index contributed by atoms with van der Waals surface area (Å²) in [5.74, 6) is -56.0. The van der Waals surface area contributed by atoms with Gasteiger partial charge in [-0.3, -0.25) is 0 Å².